The van der Waals surface area contributed by atoms with Gasteiger partial charge in [-0.05, 0) is 69.3 Å². The van der Waals surface area contributed by atoms with Crippen LogP contribution in [-0.2, 0) is 9.30 Å². The van der Waals surface area contributed by atoms with Crippen molar-refractivity contribution in [3.63, 3.8) is 0 Å². The molecule has 0 bridgehead atoms. The van der Waals surface area contributed by atoms with Gasteiger partial charge in [0, 0.05) is 87.3 Å². The molecule has 39 heavy (non-hydrogen) atoms. The van der Waals surface area contributed by atoms with Crippen LogP contribution in [0.2, 0.25) is 0 Å². The van der Waals surface area contributed by atoms with Crippen LogP contribution in [0.1, 0.15) is 20.8 Å². The van der Waals surface area contributed by atoms with Crippen LogP contribution in [0.3, 0.4) is 0 Å². The standard InChI is InChI=1S/C31H41N4O3P/c1-31(2,3)38-30(36)35-20-18-34(19-21-35)24-14-16-27(17-15-24)39(37,28-12-8-10-25(22-28)32(4)5)29-13-9-11-26(23-29)33(6)7/h8-17,22-23H,18-21H2,1-7H3. The number of hydrogen-bond acceptors (Lipinski definition) is 6. The van der Waals surface area contributed by atoms with Crippen LogP contribution >= 0.6 is 7.14 Å². The van der Waals surface area contributed by atoms with Gasteiger partial charge in [-0.1, -0.05) is 24.3 Å². The maximum absolute atomic E-state index is 15.2. The summed E-state index contributed by atoms with van der Waals surface area (Å²) in [4.78, 5) is 20.5. The Bertz CT molecular complexity index is 1280. The average molecular weight is 549 g/mol. The largest absolute Gasteiger partial charge is 0.444 e. The fraction of sp³-hybridized carbons (Fsp3) is 0.387. The quantitative estimate of drug-likeness (QED) is 0.423. The van der Waals surface area contributed by atoms with Crippen LogP contribution in [0.4, 0.5) is 21.9 Å². The van der Waals surface area contributed by atoms with E-state index < -0.39 is 12.7 Å². The van der Waals surface area contributed by atoms with Gasteiger partial charge in [0.25, 0.3) is 0 Å². The Morgan fingerprint density at radius 3 is 1.67 bits per heavy atom. The normalized spacial score (nSPS) is 14.2. The number of ether oxygens (including phenoxy) is 1. The van der Waals surface area contributed by atoms with Crippen LogP contribution in [0.15, 0.2) is 72.8 Å². The smallest absolute Gasteiger partial charge is 0.410 e. The molecule has 0 saturated carbocycles. The minimum Gasteiger partial charge on any atom is -0.444 e. The van der Waals surface area contributed by atoms with Crippen LogP contribution in [-0.4, -0.2) is 71.0 Å². The van der Waals surface area contributed by atoms with E-state index in [1.54, 1.807) is 4.90 Å². The van der Waals surface area contributed by atoms with Crippen molar-refractivity contribution in [3.8, 4) is 0 Å². The third-order valence-corrected chi connectivity index (χ3v) is 9.97. The van der Waals surface area contributed by atoms with E-state index in [9.17, 15) is 4.79 Å². The molecule has 4 rings (SSSR count). The lowest BCUT2D eigenvalue weighted by atomic mass is 10.2. The van der Waals surface area contributed by atoms with E-state index in [0.29, 0.717) is 26.2 Å². The highest BCUT2D eigenvalue weighted by Gasteiger charge is 2.31. The first kappa shape index (κ1) is 28.6. The van der Waals surface area contributed by atoms with Crippen molar-refractivity contribution in [2.75, 3.05) is 69.1 Å². The second-order valence-corrected chi connectivity index (χ2v) is 14.2. The molecule has 7 nitrogen and oxygen atoms in total. The van der Waals surface area contributed by atoms with Gasteiger partial charge in [0.1, 0.15) is 5.60 Å². The Hall–Kier alpha value is -3.44. The fourth-order valence-electron chi connectivity index (χ4n) is 4.73. The summed E-state index contributed by atoms with van der Waals surface area (Å²) < 4.78 is 20.7. The van der Waals surface area contributed by atoms with Gasteiger partial charge < -0.3 is 28.9 Å². The number of amides is 1. The lowest BCUT2D eigenvalue weighted by Gasteiger charge is -2.36. The summed E-state index contributed by atoms with van der Waals surface area (Å²) in [5.74, 6) is 0. The zero-order valence-electron chi connectivity index (χ0n) is 24.2. The Morgan fingerprint density at radius 1 is 0.744 bits per heavy atom. The number of carbonyl (C=O) groups is 1. The first-order valence-electron chi connectivity index (χ1n) is 13.4. The number of rotatable bonds is 6. The summed E-state index contributed by atoms with van der Waals surface area (Å²) in [5.41, 5.74) is 2.57. The minimum absolute atomic E-state index is 0.265. The molecule has 0 aliphatic carbocycles. The number of piperazine rings is 1. The summed E-state index contributed by atoms with van der Waals surface area (Å²) in [7, 11) is 4.82. The number of nitrogens with zero attached hydrogens (tertiary/aromatic N) is 4. The van der Waals surface area contributed by atoms with Crippen molar-refractivity contribution >= 4 is 46.2 Å². The molecule has 1 aliphatic heterocycles. The SMILES string of the molecule is CN(C)c1cccc(P(=O)(c2ccc(N3CCN(C(=O)OC(C)(C)C)CC3)cc2)c2cccc(N(C)C)c2)c1. The van der Waals surface area contributed by atoms with Gasteiger partial charge in [-0.15, -0.1) is 0 Å². The van der Waals surface area contributed by atoms with E-state index in [2.05, 4.69) is 17.0 Å². The predicted molar refractivity (Wildman–Crippen MR) is 165 cm³/mol. The Labute approximate surface area is 233 Å². The Kier molecular flexibility index (Phi) is 8.31. The summed E-state index contributed by atoms with van der Waals surface area (Å²) >= 11 is 0. The summed E-state index contributed by atoms with van der Waals surface area (Å²) in [6.45, 7) is 8.28. The van der Waals surface area contributed by atoms with E-state index in [4.69, 9.17) is 4.74 Å². The molecule has 3 aromatic carbocycles. The maximum atomic E-state index is 15.2. The highest BCUT2D eigenvalue weighted by molar-refractivity contribution is 7.85. The molecule has 0 aromatic heterocycles. The van der Waals surface area contributed by atoms with E-state index in [1.165, 1.54) is 0 Å². The molecular formula is C31H41N4O3P. The number of anilines is 3. The fourth-order valence-corrected chi connectivity index (χ4v) is 7.41. The van der Waals surface area contributed by atoms with Gasteiger partial charge in [-0.2, -0.15) is 0 Å². The van der Waals surface area contributed by atoms with Crippen molar-refractivity contribution in [3.05, 3.63) is 72.8 Å². The van der Waals surface area contributed by atoms with Gasteiger partial charge in [0.2, 0.25) is 0 Å². The first-order chi connectivity index (χ1) is 18.4. The molecule has 0 N–H and O–H groups in total. The molecule has 0 radical (unpaired) electrons. The van der Waals surface area contributed by atoms with Crippen LogP contribution in [0.5, 0.6) is 0 Å². The van der Waals surface area contributed by atoms with Crippen molar-refractivity contribution in [1.29, 1.82) is 0 Å². The third-order valence-electron chi connectivity index (χ3n) is 6.93. The number of hydrogen-bond donors (Lipinski definition) is 0. The molecule has 0 atom stereocenters. The van der Waals surface area contributed by atoms with Gasteiger partial charge in [-0.25, -0.2) is 4.79 Å². The van der Waals surface area contributed by atoms with Gasteiger partial charge in [0.05, 0.1) is 0 Å². The Morgan fingerprint density at radius 2 is 1.23 bits per heavy atom. The summed E-state index contributed by atoms with van der Waals surface area (Å²) in [6.07, 6.45) is -0.265. The minimum atomic E-state index is -3.15. The van der Waals surface area contributed by atoms with Gasteiger partial charge in [0.15, 0.2) is 7.14 Å². The monoisotopic (exact) mass is 548 g/mol. The lowest BCUT2D eigenvalue weighted by Crippen LogP contribution is -2.50. The summed E-state index contributed by atoms with van der Waals surface area (Å²) in [6, 6.07) is 24.1. The van der Waals surface area contributed by atoms with Gasteiger partial charge in [-0.3, -0.25) is 0 Å². The predicted octanol–water partition coefficient (Wildman–Crippen LogP) is 4.52. The summed E-state index contributed by atoms with van der Waals surface area (Å²) in [5, 5.41) is 2.41. The first-order valence-corrected chi connectivity index (χ1v) is 15.1. The highest BCUT2D eigenvalue weighted by atomic mass is 31.2. The zero-order valence-corrected chi connectivity index (χ0v) is 25.1. The van der Waals surface area contributed by atoms with E-state index in [-0.39, 0.29) is 6.09 Å². The molecule has 1 amide bonds. The molecule has 1 saturated heterocycles. The van der Waals surface area contributed by atoms with Crippen LogP contribution in [0.25, 0.3) is 0 Å². The van der Waals surface area contributed by atoms with E-state index in [0.717, 1.165) is 33.0 Å². The van der Waals surface area contributed by atoms with Crippen LogP contribution in [0, 0.1) is 0 Å². The number of carbonyl (C=O) groups excluding carboxylic acids is 1. The van der Waals surface area contributed by atoms with E-state index >= 15 is 4.57 Å². The van der Waals surface area contributed by atoms with Crippen molar-refractivity contribution in [2.45, 2.75) is 26.4 Å². The van der Waals surface area contributed by atoms with Gasteiger partial charge >= 0.3 is 6.09 Å². The van der Waals surface area contributed by atoms with Crippen molar-refractivity contribution in [1.82, 2.24) is 4.90 Å². The van der Waals surface area contributed by atoms with Crippen LogP contribution < -0.4 is 30.6 Å². The second kappa shape index (κ2) is 11.4. The lowest BCUT2D eigenvalue weighted by molar-refractivity contribution is 0.0240. The molecule has 8 heteroatoms. The molecule has 1 fully saturated rings. The second-order valence-electron chi connectivity index (χ2n) is 11.4. The average Bonchev–Trinajstić information content (AvgIpc) is 2.92. The molecule has 0 unspecified atom stereocenters. The molecular weight excluding hydrogens is 507 g/mol. The topological polar surface area (TPSA) is 56.3 Å². The Balaban J connectivity index is 1.64. The molecule has 3 aromatic rings. The number of benzene rings is 3. The maximum Gasteiger partial charge on any atom is 0.410 e. The van der Waals surface area contributed by atoms with E-state index in [1.807, 2.05) is 119 Å². The molecule has 1 aliphatic rings. The highest BCUT2D eigenvalue weighted by Crippen LogP contribution is 2.44. The third kappa shape index (κ3) is 6.42. The molecule has 0 spiro atoms. The van der Waals surface area contributed by atoms with Crippen molar-refractivity contribution < 1.29 is 14.1 Å². The van der Waals surface area contributed by atoms with Crippen molar-refractivity contribution in [2.24, 2.45) is 0 Å². The zero-order chi connectivity index (χ0) is 28.4. The molecule has 208 valence electrons. The molecule has 1 heterocycles.